The SMILES string of the molecule is Cc1cccc(CC2SC(=C(C#N)C(=O)Nc3ccc(Cl)c(Cl)c3)N(c3ccccc3)C2=O)c1. The summed E-state index contributed by atoms with van der Waals surface area (Å²) >= 11 is 13.2. The van der Waals surface area contributed by atoms with Crippen LogP contribution in [0.15, 0.2) is 83.4 Å². The molecular weight excluding hydrogens is 489 g/mol. The number of aryl methyl sites for hydroxylation is 1. The number of carbonyl (C=O) groups excluding carboxylic acids is 2. The van der Waals surface area contributed by atoms with E-state index in [4.69, 9.17) is 23.2 Å². The maximum Gasteiger partial charge on any atom is 0.269 e. The van der Waals surface area contributed by atoms with Crippen molar-refractivity contribution >= 4 is 58.2 Å². The topological polar surface area (TPSA) is 73.2 Å². The van der Waals surface area contributed by atoms with Gasteiger partial charge in [-0.3, -0.25) is 14.5 Å². The van der Waals surface area contributed by atoms with E-state index in [-0.39, 0.29) is 16.5 Å². The van der Waals surface area contributed by atoms with Gasteiger partial charge in [0, 0.05) is 11.4 Å². The number of amides is 2. The highest BCUT2D eigenvalue weighted by atomic mass is 35.5. The lowest BCUT2D eigenvalue weighted by Gasteiger charge is -2.18. The van der Waals surface area contributed by atoms with Gasteiger partial charge in [0.25, 0.3) is 5.91 Å². The normalized spacial score (nSPS) is 16.8. The summed E-state index contributed by atoms with van der Waals surface area (Å²) in [7, 11) is 0. The quantitative estimate of drug-likeness (QED) is 0.321. The van der Waals surface area contributed by atoms with E-state index in [0.717, 1.165) is 11.1 Å². The van der Waals surface area contributed by atoms with Crippen molar-refractivity contribution < 1.29 is 9.59 Å². The molecule has 1 unspecified atom stereocenters. The van der Waals surface area contributed by atoms with Gasteiger partial charge in [0.2, 0.25) is 5.91 Å². The molecule has 4 rings (SSSR count). The molecule has 1 aliphatic rings. The fraction of sp³-hybridized carbons (Fsp3) is 0.115. The second-order valence-electron chi connectivity index (χ2n) is 7.68. The minimum absolute atomic E-state index is 0.153. The molecule has 1 aliphatic heterocycles. The number of thioether (sulfide) groups is 1. The predicted octanol–water partition coefficient (Wildman–Crippen LogP) is 6.37. The first-order chi connectivity index (χ1) is 16.4. The fourth-order valence-corrected chi connectivity index (χ4v) is 5.23. The molecule has 0 spiro atoms. The molecule has 0 saturated carbocycles. The summed E-state index contributed by atoms with van der Waals surface area (Å²) < 4.78 is 0. The summed E-state index contributed by atoms with van der Waals surface area (Å²) in [4.78, 5) is 28.0. The van der Waals surface area contributed by atoms with E-state index in [1.165, 1.54) is 22.7 Å². The number of benzene rings is 3. The number of nitriles is 1. The first kappa shape index (κ1) is 23.9. The molecular formula is C26H19Cl2N3O2S. The van der Waals surface area contributed by atoms with Gasteiger partial charge in [-0.05, 0) is 49.2 Å². The van der Waals surface area contributed by atoms with Crippen LogP contribution in [-0.2, 0) is 16.0 Å². The lowest BCUT2D eigenvalue weighted by atomic mass is 10.1. The maximum atomic E-state index is 13.5. The molecule has 1 N–H and O–H groups in total. The predicted molar refractivity (Wildman–Crippen MR) is 138 cm³/mol. The highest BCUT2D eigenvalue weighted by Gasteiger charge is 2.40. The van der Waals surface area contributed by atoms with Crippen LogP contribution in [0.5, 0.6) is 0 Å². The second-order valence-corrected chi connectivity index (χ2v) is 9.69. The van der Waals surface area contributed by atoms with E-state index >= 15 is 0 Å². The monoisotopic (exact) mass is 507 g/mol. The molecule has 1 fully saturated rings. The summed E-state index contributed by atoms with van der Waals surface area (Å²) in [6, 6.07) is 23.6. The summed E-state index contributed by atoms with van der Waals surface area (Å²) in [5.41, 5.74) is 2.95. The Morgan fingerprint density at radius 1 is 1.06 bits per heavy atom. The van der Waals surface area contributed by atoms with Crippen LogP contribution in [0.4, 0.5) is 11.4 Å². The third-order valence-corrected chi connectivity index (χ3v) is 7.20. The molecule has 34 heavy (non-hydrogen) atoms. The number of nitrogens with one attached hydrogen (secondary N) is 1. The molecule has 0 radical (unpaired) electrons. The van der Waals surface area contributed by atoms with Crippen LogP contribution in [0.3, 0.4) is 0 Å². The van der Waals surface area contributed by atoms with E-state index in [2.05, 4.69) is 5.32 Å². The Morgan fingerprint density at radius 3 is 2.50 bits per heavy atom. The molecule has 0 aliphatic carbocycles. The maximum absolute atomic E-state index is 13.5. The Labute approximate surface area is 212 Å². The molecule has 3 aromatic rings. The van der Waals surface area contributed by atoms with Crippen LogP contribution in [0.1, 0.15) is 11.1 Å². The number of carbonyl (C=O) groups is 2. The van der Waals surface area contributed by atoms with Crippen LogP contribution in [-0.4, -0.2) is 17.1 Å². The smallest absolute Gasteiger partial charge is 0.269 e. The van der Waals surface area contributed by atoms with Gasteiger partial charge >= 0.3 is 0 Å². The number of hydrogen-bond acceptors (Lipinski definition) is 4. The lowest BCUT2D eigenvalue weighted by Crippen LogP contribution is -2.30. The largest absolute Gasteiger partial charge is 0.321 e. The van der Waals surface area contributed by atoms with Crippen LogP contribution < -0.4 is 10.2 Å². The summed E-state index contributed by atoms with van der Waals surface area (Å²) in [5.74, 6) is -0.809. The zero-order valence-corrected chi connectivity index (χ0v) is 20.4. The van der Waals surface area contributed by atoms with Crippen LogP contribution in [0.2, 0.25) is 10.0 Å². The van der Waals surface area contributed by atoms with E-state index in [1.54, 1.807) is 36.4 Å². The van der Waals surface area contributed by atoms with E-state index in [0.29, 0.717) is 27.8 Å². The zero-order chi connectivity index (χ0) is 24.2. The van der Waals surface area contributed by atoms with Crippen molar-refractivity contribution in [3.63, 3.8) is 0 Å². The molecule has 3 aromatic carbocycles. The van der Waals surface area contributed by atoms with Crippen molar-refractivity contribution in [2.75, 3.05) is 10.2 Å². The molecule has 170 valence electrons. The molecule has 2 amide bonds. The standard InChI is InChI=1S/C26H19Cl2N3O2S/c1-16-6-5-7-17(12-16)13-23-25(33)31(19-8-3-2-4-9-19)26(34-23)20(15-29)24(32)30-18-10-11-21(27)22(28)14-18/h2-12,14,23H,13H2,1H3,(H,30,32). The van der Waals surface area contributed by atoms with Crippen molar-refractivity contribution in [2.24, 2.45) is 0 Å². The van der Waals surface area contributed by atoms with E-state index in [9.17, 15) is 14.9 Å². The Morgan fingerprint density at radius 2 is 1.82 bits per heavy atom. The van der Waals surface area contributed by atoms with E-state index < -0.39 is 11.2 Å². The van der Waals surface area contributed by atoms with Gasteiger partial charge in [0.1, 0.15) is 16.7 Å². The summed E-state index contributed by atoms with van der Waals surface area (Å²) in [6.07, 6.45) is 0.477. The van der Waals surface area contributed by atoms with Gasteiger partial charge in [0.15, 0.2) is 0 Å². The minimum Gasteiger partial charge on any atom is -0.321 e. The lowest BCUT2D eigenvalue weighted by molar-refractivity contribution is -0.117. The molecule has 1 heterocycles. The molecule has 8 heteroatoms. The van der Waals surface area contributed by atoms with Crippen molar-refractivity contribution in [2.45, 2.75) is 18.6 Å². The van der Waals surface area contributed by atoms with Crippen molar-refractivity contribution in [1.82, 2.24) is 0 Å². The van der Waals surface area contributed by atoms with Gasteiger partial charge in [0.05, 0.1) is 15.3 Å². The van der Waals surface area contributed by atoms with Gasteiger partial charge in [-0.1, -0.05) is 83.0 Å². The van der Waals surface area contributed by atoms with Gasteiger partial charge < -0.3 is 5.32 Å². The van der Waals surface area contributed by atoms with Crippen molar-refractivity contribution in [3.8, 4) is 6.07 Å². The van der Waals surface area contributed by atoms with Gasteiger partial charge in [-0.15, -0.1) is 0 Å². The average molecular weight is 508 g/mol. The Hall–Kier alpha value is -3.24. The Kier molecular flexibility index (Phi) is 7.28. The van der Waals surface area contributed by atoms with Gasteiger partial charge in [-0.25, -0.2) is 0 Å². The van der Waals surface area contributed by atoms with Crippen molar-refractivity contribution in [1.29, 1.82) is 5.26 Å². The van der Waals surface area contributed by atoms with E-state index in [1.807, 2.05) is 43.3 Å². The fourth-order valence-electron chi connectivity index (χ4n) is 3.62. The number of halogens is 2. The first-order valence-corrected chi connectivity index (χ1v) is 12.0. The third kappa shape index (κ3) is 5.13. The third-order valence-electron chi connectivity index (χ3n) is 5.20. The second kappa shape index (κ2) is 10.4. The number of rotatable bonds is 5. The van der Waals surface area contributed by atoms with Crippen molar-refractivity contribution in [3.05, 3.63) is 105 Å². The van der Waals surface area contributed by atoms with Crippen LogP contribution >= 0.6 is 35.0 Å². The van der Waals surface area contributed by atoms with Crippen LogP contribution in [0.25, 0.3) is 0 Å². The minimum atomic E-state index is -0.631. The highest BCUT2D eigenvalue weighted by molar-refractivity contribution is 8.05. The number of nitrogens with zero attached hydrogens (tertiary/aromatic N) is 2. The Bertz CT molecular complexity index is 1340. The van der Waals surface area contributed by atoms with Crippen LogP contribution in [0, 0.1) is 18.3 Å². The average Bonchev–Trinajstić information content (AvgIpc) is 3.13. The highest BCUT2D eigenvalue weighted by Crippen LogP contribution is 2.42. The Balaban J connectivity index is 1.71. The summed E-state index contributed by atoms with van der Waals surface area (Å²) in [6.45, 7) is 2.00. The first-order valence-electron chi connectivity index (χ1n) is 10.4. The summed E-state index contributed by atoms with van der Waals surface area (Å²) in [5, 5.41) is 13.1. The molecule has 5 nitrogen and oxygen atoms in total. The number of para-hydroxylation sites is 1. The number of hydrogen-bond donors (Lipinski definition) is 1. The molecule has 0 bridgehead atoms. The zero-order valence-electron chi connectivity index (χ0n) is 18.1. The molecule has 1 atom stereocenters. The molecule has 1 saturated heterocycles. The number of anilines is 2. The molecule has 0 aromatic heterocycles. The van der Waals surface area contributed by atoms with Gasteiger partial charge in [-0.2, -0.15) is 5.26 Å².